The number of aryl methyl sites for hydroxylation is 3. The van der Waals surface area contributed by atoms with E-state index in [1.54, 1.807) is 13.8 Å². The summed E-state index contributed by atoms with van der Waals surface area (Å²) in [6.45, 7) is 5.66. The van der Waals surface area contributed by atoms with Crippen molar-refractivity contribution in [2.75, 3.05) is 6.54 Å². The van der Waals surface area contributed by atoms with Gasteiger partial charge >= 0.3 is 0 Å². The fraction of sp³-hybridized carbons (Fsp3) is 0.400. The number of sulfonamides is 1. The third-order valence-electron chi connectivity index (χ3n) is 3.37. The van der Waals surface area contributed by atoms with E-state index in [0.29, 0.717) is 24.4 Å². The lowest BCUT2D eigenvalue weighted by atomic mass is 10.1. The molecule has 2 rings (SSSR count). The first-order valence-corrected chi connectivity index (χ1v) is 8.42. The smallest absolute Gasteiger partial charge is 0.245 e. The van der Waals surface area contributed by atoms with Gasteiger partial charge < -0.3 is 4.52 Å². The van der Waals surface area contributed by atoms with Crippen LogP contribution in [0.4, 0.5) is 0 Å². The summed E-state index contributed by atoms with van der Waals surface area (Å²) in [5.74, 6) is 0.312. The van der Waals surface area contributed by atoms with Gasteiger partial charge in [-0.25, -0.2) is 13.1 Å². The molecule has 1 heterocycles. The summed E-state index contributed by atoms with van der Waals surface area (Å²) >= 11 is 0. The van der Waals surface area contributed by atoms with Crippen LogP contribution in [0.1, 0.15) is 29.5 Å². The Morgan fingerprint density at radius 2 is 1.76 bits per heavy atom. The van der Waals surface area contributed by atoms with Crippen molar-refractivity contribution < 1.29 is 12.9 Å². The number of nitrogens with one attached hydrogen (secondary N) is 1. The topological polar surface area (TPSA) is 72.2 Å². The van der Waals surface area contributed by atoms with E-state index in [1.807, 2.05) is 12.1 Å². The first-order chi connectivity index (χ1) is 9.94. The summed E-state index contributed by atoms with van der Waals surface area (Å²) in [4.78, 5) is 0.142. The van der Waals surface area contributed by atoms with Crippen LogP contribution in [0.5, 0.6) is 0 Å². The fourth-order valence-electron chi connectivity index (χ4n) is 2.20. The predicted molar refractivity (Wildman–Crippen MR) is 80.7 cm³/mol. The number of nitrogens with zero attached hydrogens (tertiary/aromatic N) is 1. The highest BCUT2D eigenvalue weighted by Crippen LogP contribution is 2.18. The summed E-state index contributed by atoms with van der Waals surface area (Å²) in [7, 11) is -3.57. The Hall–Kier alpha value is -1.66. The number of aromatic nitrogens is 1. The van der Waals surface area contributed by atoms with Gasteiger partial charge in [0.2, 0.25) is 10.0 Å². The summed E-state index contributed by atoms with van der Waals surface area (Å²) < 4.78 is 31.9. The van der Waals surface area contributed by atoms with Crippen LogP contribution in [0.25, 0.3) is 0 Å². The molecule has 0 radical (unpaired) electrons. The first kappa shape index (κ1) is 15.7. The van der Waals surface area contributed by atoms with Crippen molar-refractivity contribution in [1.82, 2.24) is 9.88 Å². The van der Waals surface area contributed by atoms with Crippen LogP contribution in [0.2, 0.25) is 0 Å². The normalized spacial score (nSPS) is 11.8. The van der Waals surface area contributed by atoms with Gasteiger partial charge in [-0.2, -0.15) is 0 Å². The van der Waals surface area contributed by atoms with E-state index < -0.39 is 10.0 Å². The third kappa shape index (κ3) is 3.71. The van der Waals surface area contributed by atoms with Crippen molar-refractivity contribution in [1.29, 1.82) is 0 Å². The highest BCUT2D eigenvalue weighted by atomic mass is 32.2. The monoisotopic (exact) mass is 308 g/mol. The molecule has 114 valence electrons. The Morgan fingerprint density at radius 3 is 2.29 bits per heavy atom. The molecule has 0 spiro atoms. The van der Waals surface area contributed by atoms with Crippen LogP contribution in [0, 0.1) is 13.8 Å². The molecule has 2 aromatic rings. The molecular formula is C15H20N2O3S. The molecule has 5 nitrogen and oxygen atoms in total. The molecule has 6 heteroatoms. The lowest BCUT2D eigenvalue weighted by Crippen LogP contribution is -2.26. The SMILES string of the molecule is CCc1ccc(CCNS(=O)(=O)c2c(C)noc2C)cc1. The van der Waals surface area contributed by atoms with E-state index in [2.05, 4.69) is 28.9 Å². The molecule has 0 amide bonds. The lowest BCUT2D eigenvalue weighted by molar-refractivity contribution is 0.390. The number of benzene rings is 1. The van der Waals surface area contributed by atoms with Gasteiger partial charge in [-0.15, -0.1) is 0 Å². The molecule has 0 saturated heterocycles. The Balaban J connectivity index is 1.99. The maximum Gasteiger partial charge on any atom is 0.245 e. The predicted octanol–water partition coefficient (Wildman–Crippen LogP) is 2.37. The van der Waals surface area contributed by atoms with E-state index in [1.165, 1.54) is 5.56 Å². The molecule has 1 N–H and O–H groups in total. The second kappa shape index (κ2) is 6.41. The van der Waals surface area contributed by atoms with E-state index in [9.17, 15) is 8.42 Å². The molecule has 0 bridgehead atoms. The molecular weight excluding hydrogens is 288 g/mol. The maximum absolute atomic E-state index is 12.2. The summed E-state index contributed by atoms with van der Waals surface area (Å²) in [5, 5.41) is 3.67. The maximum atomic E-state index is 12.2. The average Bonchev–Trinajstić information content (AvgIpc) is 2.79. The Labute approximate surface area is 125 Å². The Bertz CT molecular complexity index is 684. The standard InChI is InChI=1S/C15H20N2O3S/c1-4-13-5-7-14(8-6-13)9-10-16-21(18,19)15-11(2)17-20-12(15)3/h5-8,16H,4,9-10H2,1-3H3. The quantitative estimate of drug-likeness (QED) is 0.889. The van der Waals surface area contributed by atoms with Gasteiger partial charge in [0.1, 0.15) is 10.6 Å². The van der Waals surface area contributed by atoms with Crippen LogP contribution < -0.4 is 4.72 Å². The lowest BCUT2D eigenvalue weighted by Gasteiger charge is -2.06. The minimum Gasteiger partial charge on any atom is -0.360 e. The second-order valence-corrected chi connectivity index (χ2v) is 6.67. The van der Waals surface area contributed by atoms with Crippen molar-refractivity contribution in [2.24, 2.45) is 0 Å². The van der Waals surface area contributed by atoms with Crippen molar-refractivity contribution in [3.8, 4) is 0 Å². The highest BCUT2D eigenvalue weighted by molar-refractivity contribution is 7.89. The van der Waals surface area contributed by atoms with E-state index in [0.717, 1.165) is 12.0 Å². The summed E-state index contributed by atoms with van der Waals surface area (Å²) in [6.07, 6.45) is 1.64. The molecule has 0 aliphatic rings. The minimum absolute atomic E-state index is 0.142. The highest BCUT2D eigenvalue weighted by Gasteiger charge is 2.23. The van der Waals surface area contributed by atoms with Gasteiger partial charge in [0, 0.05) is 6.54 Å². The van der Waals surface area contributed by atoms with Gasteiger partial charge in [0.05, 0.1) is 0 Å². The summed E-state index contributed by atoms with van der Waals surface area (Å²) in [6, 6.07) is 8.20. The van der Waals surface area contributed by atoms with Crippen molar-refractivity contribution in [3.63, 3.8) is 0 Å². The molecule has 1 aromatic heterocycles. The number of hydrogen-bond acceptors (Lipinski definition) is 4. The zero-order valence-corrected chi connectivity index (χ0v) is 13.3. The third-order valence-corrected chi connectivity index (χ3v) is 5.08. The van der Waals surface area contributed by atoms with Crippen molar-refractivity contribution in [3.05, 3.63) is 46.8 Å². The molecule has 0 unspecified atom stereocenters. The van der Waals surface area contributed by atoms with E-state index >= 15 is 0 Å². The number of hydrogen-bond donors (Lipinski definition) is 1. The van der Waals surface area contributed by atoms with Crippen LogP contribution in [-0.4, -0.2) is 20.1 Å². The Morgan fingerprint density at radius 1 is 1.14 bits per heavy atom. The minimum atomic E-state index is -3.57. The average molecular weight is 308 g/mol. The van der Waals surface area contributed by atoms with Gasteiger partial charge in [-0.3, -0.25) is 0 Å². The fourth-order valence-corrected chi connectivity index (χ4v) is 3.56. The largest absolute Gasteiger partial charge is 0.360 e. The molecule has 21 heavy (non-hydrogen) atoms. The summed E-state index contributed by atoms with van der Waals surface area (Å²) in [5.41, 5.74) is 2.76. The van der Waals surface area contributed by atoms with E-state index in [-0.39, 0.29) is 4.90 Å². The number of rotatable bonds is 6. The molecule has 0 aliphatic heterocycles. The molecule has 0 fully saturated rings. The van der Waals surface area contributed by atoms with E-state index in [4.69, 9.17) is 4.52 Å². The molecule has 1 aromatic carbocycles. The van der Waals surface area contributed by atoms with Crippen LogP contribution in [0.15, 0.2) is 33.7 Å². The van der Waals surface area contributed by atoms with Gasteiger partial charge in [-0.1, -0.05) is 36.3 Å². The van der Waals surface area contributed by atoms with Crippen molar-refractivity contribution in [2.45, 2.75) is 38.5 Å². The van der Waals surface area contributed by atoms with Crippen LogP contribution >= 0.6 is 0 Å². The van der Waals surface area contributed by atoms with Gasteiger partial charge in [0.15, 0.2) is 5.76 Å². The van der Waals surface area contributed by atoms with Crippen molar-refractivity contribution >= 4 is 10.0 Å². The second-order valence-electron chi connectivity index (χ2n) is 4.97. The van der Waals surface area contributed by atoms with Gasteiger partial charge in [0.25, 0.3) is 0 Å². The molecule has 0 atom stereocenters. The van der Waals surface area contributed by atoms with Crippen LogP contribution in [0.3, 0.4) is 0 Å². The first-order valence-electron chi connectivity index (χ1n) is 6.94. The molecule has 0 aliphatic carbocycles. The molecule has 0 saturated carbocycles. The zero-order chi connectivity index (χ0) is 15.5. The Kier molecular flexibility index (Phi) is 4.80. The zero-order valence-electron chi connectivity index (χ0n) is 12.5. The van der Waals surface area contributed by atoms with Crippen LogP contribution in [-0.2, 0) is 22.9 Å². The van der Waals surface area contributed by atoms with Gasteiger partial charge in [-0.05, 0) is 37.8 Å².